The van der Waals surface area contributed by atoms with Crippen molar-refractivity contribution in [1.82, 2.24) is 14.5 Å². The molecular formula is C17H21N3O4S. The lowest BCUT2D eigenvalue weighted by atomic mass is 9.96. The Balaban J connectivity index is 1.51. The molecule has 2 aliphatic rings. The second-order valence-corrected chi connectivity index (χ2v) is 8.85. The summed E-state index contributed by atoms with van der Waals surface area (Å²) in [7, 11) is -3.25. The highest BCUT2D eigenvalue weighted by Gasteiger charge is 2.49. The molecule has 7 nitrogen and oxygen atoms in total. The van der Waals surface area contributed by atoms with Crippen molar-refractivity contribution in [1.29, 1.82) is 0 Å². The molecule has 0 spiro atoms. The van der Waals surface area contributed by atoms with E-state index >= 15 is 0 Å². The van der Waals surface area contributed by atoms with Gasteiger partial charge >= 0.3 is 0 Å². The Labute approximate surface area is 147 Å². The maximum atomic E-state index is 11.7. The van der Waals surface area contributed by atoms with Gasteiger partial charge in [0.15, 0.2) is 0 Å². The Morgan fingerprint density at radius 2 is 2.00 bits per heavy atom. The number of aromatic nitrogens is 2. The van der Waals surface area contributed by atoms with Crippen LogP contribution in [-0.2, 0) is 26.6 Å². The van der Waals surface area contributed by atoms with Crippen LogP contribution in [0.3, 0.4) is 0 Å². The first-order chi connectivity index (χ1) is 12.0. The zero-order valence-electron chi connectivity index (χ0n) is 14.1. The van der Waals surface area contributed by atoms with Crippen molar-refractivity contribution >= 4 is 10.0 Å². The summed E-state index contributed by atoms with van der Waals surface area (Å²) < 4.78 is 36.4. The summed E-state index contributed by atoms with van der Waals surface area (Å²) in [6, 6.07) is 10.3. The Morgan fingerprint density at radius 3 is 2.68 bits per heavy atom. The van der Waals surface area contributed by atoms with E-state index in [9.17, 15) is 8.42 Å². The second kappa shape index (κ2) is 6.19. The van der Waals surface area contributed by atoms with Gasteiger partial charge in [-0.05, 0) is 24.8 Å². The second-order valence-electron chi connectivity index (χ2n) is 6.87. The van der Waals surface area contributed by atoms with Crippen LogP contribution in [0, 0.1) is 0 Å². The average Bonchev–Trinajstić information content (AvgIpc) is 3.20. The Kier molecular flexibility index (Phi) is 4.13. The maximum absolute atomic E-state index is 11.7. The minimum absolute atomic E-state index is 0.0855. The Hall–Kier alpha value is -1.77. The van der Waals surface area contributed by atoms with E-state index in [-0.39, 0.29) is 12.0 Å². The molecule has 1 aliphatic carbocycles. The average molecular weight is 363 g/mol. The van der Waals surface area contributed by atoms with Gasteiger partial charge in [0, 0.05) is 13.1 Å². The van der Waals surface area contributed by atoms with Crippen molar-refractivity contribution in [2.24, 2.45) is 0 Å². The minimum Gasteiger partial charge on any atom is -0.422 e. The maximum Gasteiger partial charge on any atom is 0.246 e. The summed E-state index contributed by atoms with van der Waals surface area (Å²) in [5.41, 5.74) is 1.16. The first kappa shape index (κ1) is 16.7. The molecule has 1 saturated carbocycles. The van der Waals surface area contributed by atoms with E-state index in [0.717, 1.165) is 19.3 Å². The van der Waals surface area contributed by atoms with E-state index < -0.39 is 16.1 Å². The van der Waals surface area contributed by atoms with Gasteiger partial charge in [-0.25, -0.2) is 8.42 Å². The molecule has 0 N–H and O–H groups in total. The fourth-order valence-electron chi connectivity index (χ4n) is 3.26. The Morgan fingerprint density at radius 1 is 1.24 bits per heavy atom. The number of hydrogen-bond donors (Lipinski definition) is 0. The van der Waals surface area contributed by atoms with Crippen LogP contribution in [0.25, 0.3) is 0 Å². The standard InChI is InChI=1S/C17H21N3O4S/c1-25(21,22)20-9-10-23-14(12-20)15-18-19-16(24-15)17(7-8-17)11-13-5-3-2-4-6-13/h2-6,14H,7-12H2,1H3. The predicted molar refractivity (Wildman–Crippen MR) is 90.5 cm³/mol. The van der Waals surface area contributed by atoms with Gasteiger partial charge in [-0.3, -0.25) is 0 Å². The number of ether oxygens (including phenoxy) is 1. The highest BCUT2D eigenvalue weighted by atomic mass is 32.2. The van der Waals surface area contributed by atoms with E-state index in [1.807, 2.05) is 18.2 Å². The van der Waals surface area contributed by atoms with Crippen LogP contribution in [0.2, 0.25) is 0 Å². The summed E-state index contributed by atoms with van der Waals surface area (Å²) in [5, 5.41) is 8.39. The van der Waals surface area contributed by atoms with Crippen LogP contribution >= 0.6 is 0 Å². The third-order valence-electron chi connectivity index (χ3n) is 4.91. The number of morpholine rings is 1. The molecule has 1 aliphatic heterocycles. The van der Waals surface area contributed by atoms with Crippen molar-refractivity contribution in [2.75, 3.05) is 26.0 Å². The first-order valence-electron chi connectivity index (χ1n) is 8.41. The summed E-state index contributed by atoms with van der Waals surface area (Å²) in [4.78, 5) is 0. The lowest BCUT2D eigenvalue weighted by molar-refractivity contribution is -0.0178. The number of rotatable bonds is 5. The van der Waals surface area contributed by atoms with Crippen LogP contribution < -0.4 is 0 Å². The zero-order valence-corrected chi connectivity index (χ0v) is 14.9. The first-order valence-corrected chi connectivity index (χ1v) is 10.3. The van der Waals surface area contributed by atoms with Crippen molar-refractivity contribution in [3.8, 4) is 0 Å². The molecular weight excluding hydrogens is 342 g/mol. The normalized spacial score (nSPS) is 23.5. The van der Waals surface area contributed by atoms with E-state index in [1.54, 1.807) is 0 Å². The fraction of sp³-hybridized carbons (Fsp3) is 0.529. The van der Waals surface area contributed by atoms with Gasteiger partial charge in [0.1, 0.15) is 6.10 Å². The molecule has 1 aromatic heterocycles. The van der Waals surface area contributed by atoms with Gasteiger partial charge in [0.05, 0.1) is 18.3 Å². The fourth-order valence-corrected chi connectivity index (χ4v) is 4.07. The molecule has 25 heavy (non-hydrogen) atoms. The summed E-state index contributed by atoms with van der Waals surface area (Å²) >= 11 is 0. The quantitative estimate of drug-likeness (QED) is 0.803. The van der Waals surface area contributed by atoms with Gasteiger partial charge in [-0.1, -0.05) is 30.3 Å². The molecule has 0 amide bonds. The van der Waals surface area contributed by atoms with Gasteiger partial charge in [-0.2, -0.15) is 4.31 Å². The van der Waals surface area contributed by atoms with E-state index in [0.29, 0.717) is 24.9 Å². The molecule has 4 rings (SSSR count). The van der Waals surface area contributed by atoms with Gasteiger partial charge in [-0.15, -0.1) is 10.2 Å². The van der Waals surface area contributed by atoms with Crippen LogP contribution in [0.1, 0.15) is 36.3 Å². The van der Waals surface area contributed by atoms with Gasteiger partial charge in [0.2, 0.25) is 21.8 Å². The van der Waals surface area contributed by atoms with Crippen LogP contribution in [0.4, 0.5) is 0 Å². The number of sulfonamides is 1. The van der Waals surface area contributed by atoms with Gasteiger partial charge in [0.25, 0.3) is 0 Å². The smallest absolute Gasteiger partial charge is 0.246 e. The molecule has 0 radical (unpaired) electrons. The SMILES string of the molecule is CS(=O)(=O)N1CCOC(c2nnc(C3(Cc4ccccc4)CC3)o2)C1. The molecule has 2 heterocycles. The molecule has 0 bridgehead atoms. The van der Waals surface area contributed by atoms with Crippen molar-refractivity contribution in [3.05, 3.63) is 47.7 Å². The zero-order chi connectivity index (χ0) is 17.5. The lowest BCUT2D eigenvalue weighted by Crippen LogP contribution is -2.41. The molecule has 2 fully saturated rings. The molecule has 134 valence electrons. The predicted octanol–water partition coefficient (Wildman–Crippen LogP) is 1.68. The summed E-state index contributed by atoms with van der Waals surface area (Å²) in [6.45, 7) is 0.894. The number of hydrogen-bond acceptors (Lipinski definition) is 6. The largest absolute Gasteiger partial charge is 0.422 e. The highest BCUT2D eigenvalue weighted by molar-refractivity contribution is 7.88. The molecule has 1 aromatic carbocycles. The topological polar surface area (TPSA) is 85.5 Å². The minimum atomic E-state index is -3.25. The highest BCUT2D eigenvalue weighted by Crippen LogP contribution is 2.50. The van der Waals surface area contributed by atoms with Gasteiger partial charge < -0.3 is 9.15 Å². The molecule has 1 unspecified atom stereocenters. The lowest BCUT2D eigenvalue weighted by Gasteiger charge is -2.29. The summed E-state index contributed by atoms with van der Waals surface area (Å²) in [6.07, 6.45) is 3.61. The van der Waals surface area contributed by atoms with Crippen molar-refractivity contribution < 1.29 is 17.6 Å². The Bertz CT molecular complexity index is 846. The number of nitrogens with zero attached hydrogens (tertiary/aromatic N) is 3. The third kappa shape index (κ3) is 3.47. The monoisotopic (exact) mass is 363 g/mol. The molecule has 2 aromatic rings. The van der Waals surface area contributed by atoms with E-state index in [4.69, 9.17) is 9.15 Å². The summed E-state index contributed by atoms with van der Waals surface area (Å²) in [5.74, 6) is 0.995. The van der Waals surface area contributed by atoms with Crippen molar-refractivity contribution in [2.45, 2.75) is 30.8 Å². The third-order valence-corrected chi connectivity index (χ3v) is 6.18. The molecule has 8 heteroatoms. The van der Waals surface area contributed by atoms with Crippen LogP contribution in [0.5, 0.6) is 0 Å². The molecule has 1 atom stereocenters. The van der Waals surface area contributed by atoms with Crippen molar-refractivity contribution in [3.63, 3.8) is 0 Å². The van der Waals surface area contributed by atoms with Crippen LogP contribution in [-0.4, -0.2) is 48.9 Å². The van der Waals surface area contributed by atoms with E-state index in [2.05, 4.69) is 22.3 Å². The van der Waals surface area contributed by atoms with Crippen LogP contribution in [0.15, 0.2) is 34.7 Å². The number of benzene rings is 1. The molecule has 1 saturated heterocycles. The van der Waals surface area contributed by atoms with E-state index in [1.165, 1.54) is 16.1 Å².